The third-order valence-corrected chi connectivity index (χ3v) is 2.72. The van der Waals surface area contributed by atoms with Crippen LogP contribution < -0.4 is 11.5 Å². The molecule has 0 saturated heterocycles. The fourth-order valence-corrected chi connectivity index (χ4v) is 1.74. The van der Waals surface area contributed by atoms with Gasteiger partial charge in [0.1, 0.15) is 5.82 Å². The summed E-state index contributed by atoms with van der Waals surface area (Å²) in [4.78, 5) is 4.00. The molecule has 2 rings (SSSR count). The minimum absolute atomic E-state index is 0.290. The van der Waals surface area contributed by atoms with Crippen molar-refractivity contribution in [1.29, 1.82) is 0 Å². The van der Waals surface area contributed by atoms with Gasteiger partial charge in [-0.1, -0.05) is 6.07 Å². The lowest BCUT2D eigenvalue weighted by atomic mass is 9.99. The van der Waals surface area contributed by atoms with E-state index in [-0.39, 0.29) is 5.82 Å². The van der Waals surface area contributed by atoms with Crippen molar-refractivity contribution in [3.63, 3.8) is 0 Å². The zero-order valence-corrected chi connectivity index (χ0v) is 9.82. The molecule has 3 nitrogen and oxygen atoms in total. The van der Waals surface area contributed by atoms with E-state index in [1.165, 1.54) is 6.07 Å². The van der Waals surface area contributed by atoms with Gasteiger partial charge in [-0.25, -0.2) is 13.8 Å². The highest BCUT2D eigenvalue weighted by atomic mass is 19.2. The fraction of sp³-hybridized carbons (Fsp3) is 0.154. The van der Waals surface area contributed by atoms with Gasteiger partial charge in [-0.2, -0.15) is 0 Å². The average Bonchev–Trinajstić information content (AvgIpc) is 2.35. The van der Waals surface area contributed by atoms with Crippen LogP contribution in [-0.4, -0.2) is 4.98 Å². The second-order valence-electron chi connectivity index (χ2n) is 4.14. The van der Waals surface area contributed by atoms with Crippen molar-refractivity contribution < 1.29 is 8.78 Å². The van der Waals surface area contributed by atoms with Gasteiger partial charge in [0, 0.05) is 11.8 Å². The summed E-state index contributed by atoms with van der Waals surface area (Å²) in [5.74, 6) is -1.54. The maximum absolute atomic E-state index is 13.2. The van der Waals surface area contributed by atoms with Gasteiger partial charge in [0.05, 0.1) is 6.04 Å². The van der Waals surface area contributed by atoms with Crippen LogP contribution >= 0.6 is 0 Å². The van der Waals surface area contributed by atoms with Crippen molar-refractivity contribution in [3.05, 3.63) is 58.8 Å². The third-order valence-electron chi connectivity index (χ3n) is 2.72. The molecular weight excluding hydrogens is 236 g/mol. The highest BCUT2D eigenvalue weighted by Gasteiger charge is 2.15. The second-order valence-corrected chi connectivity index (χ2v) is 4.14. The Hall–Kier alpha value is -2.01. The molecule has 0 fully saturated rings. The van der Waals surface area contributed by atoms with E-state index >= 15 is 0 Å². The second kappa shape index (κ2) is 4.70. The molecule has 1 aromatic heterocycles. The Morgan fingerprint density at radius 2 is 1.89 bits per heavy atom. The molecule has 0 aliphatic carbocycles. The van der Waals surface area contributed by atoms with E-state index in [0.717, 1.165) is 17.7 Å². The number of nitrogens with zero attached hydrogens (tertiary/aromatic N) is 1. The summed E-state index contributed by atoms with van der Waals surface area (Å²) in [6.45, 7) is 1.86. The molecule has 0 saturated carbocycles. The molecule has 5 heteroatoms. The van der Waals surface area contributed by atoms with Gasteiger partial charge in [-0.05, 0) is 36.2 Å². The quantitative estimate of drug-likeness (QED) is 0.858. The van der Waals surface area contributed by atoms with Crippen LogP contribution in [0.1, 0.15) is 22.7 Å². The van der Waals surface area contributed by atoms with Crippen LogP contribution in [0.3, 0.4) is 0 Å². The highest BCUT2D eigenvalue weighted by molar-refractivity contribution is 5.46. The standard InChI is InChI=1S/C13H13F2N3/c1-7-4-9(13(17)18-6-7)12(16)8-2-3-10(14)11(15)5-8/h2-6,12H,16H2,1H3,(H2,17,18). The first-order chi connectivity index (χ1) is 8.49. The molecule has 1 unspecified atom stereocenters. The van der Waals surface area contributed by atoms with Crippen molar-refractivity contribution in [2.45, 2.75) is 13.0 Å². The van der Waals surface area contributed by atoms with Gasteiger partial charge in [0.2, 0.25) is 0 Å². The summed E-state index contributed by atoms with van der Waals surface area (Å²) in [5.41, 5.74) is 13.7. The van der Waals surface area contributed by atoms with Crippen LogP contribution in [0.4, 0.5) is 14.6 Å². The lowest BCUT2D eigenvalue weighted by molar-refractivity contribution is 0.506. The molecule has 1 heterocycles. The van der Waals surface area contributed by atoms with Gasteiger partial charge >= 0.3 is 0 Å². The fourth-order valence-electron chi connectivity index (χ4n) is 1.74. The zero-order chi connectivity index (χ0) is 13.3. The molecule has 1 atom stereocenters. The molecule has 4 N–H and O–H groups in total. The predicted molar refractivity (Wildman–Crippen MR) is 65.8 cm³/mol. The van der Waals surface area contributed by atoms with E-state index in [0.29, 0.717) is 11.1 Å². The number of aryl methyl sites for hydroxylation is 1. The smallest absolute Gasteiger partial charge is 0.159 e. The molecule has 0 amide bonds. The van der Waals surface area contributed by atoms with E-state index in [2.05, 4.69) is 4.98 Å². The molecular formula is C13H13F2N3. The number of benzene rings is 1. The molecule has 0 radical (unpaired) electrons. The van der Waals surface area contributed by atoms with Gasteiger partial charge in [-0.3, -0.25) is 0 Å². The van der Waals surface area contributed by atoms with E-state index in [4.69, 9.17) is 11.5 Å². The lowest BCUT2D eigenvalue weighted by Crippen LogP contribution is -2.15. The van der Waals surface area contributed by atoms with Crippen LogP contribution in [0, 0.1) is 18.6 Å². The summed E-state index contributed by atoms with van der Waals surface area (Å²) in [6.07, 6.45) is 1.62. The number of nitrogens with two attached hydrogens (primary N) is 2. The molecule has 0 aliphatic rings. The summed E-state index contributed by atoms with van der Waals surface area (Å²) < 4.78 is 26.0. The highest BCUT2D eigenvalue weighted by Crippen LogP contribution is 2.25. The van der Waals surface area contributed by atoms with Crippen LogP contribution in [-0.2, 0) is 0 Å². The lowest BCUT2D eigenvalue weighted by Gasteiger charge is -2.15. The van der Waals surface area contributed by atoms with Gasteiger partial charge in [-0.15, -0.1) is 0 Å². The number of rotatable bonds is 2. The number of aromatic nitrogens is 1. The Morgan fingerprint density at radius 3 is 2.56 bits per heavy atom. The van der Waals surface area contributed by atoms with Crippen molar-refractivity contribution in [2.24, 2.45) is 5.73 Å². The minimum atomic E-state index is -0.929. The van der Waals surface area contributed by atoms with Gasteiger partial charge in [0.15, 0.2) is 11.6 Å². The Kier molecular flexibility index (Phi) is 3.25. The molecule has 94 valence electrons. The van der Waals surface area contributed by atoms with Crippen LogP contribution in [0.25, 0.3) is 0 Å². The maximum Gasteiger partial charge on any atom is 0.159 e. The normalized spacial score (nSPS) is 12.4. The summed E-state index contributed by atoms with van der Waals surface area (Å²) in [5, 5.41) is 0. The van der Waals surface area contributed by atoms with Crippen LogP contribution in [0.5, 0.6) is 0 Å². The largest absolute Gasteiger partial charge is 0.383 e. The summed E-state index contributed by atoms with van der Waals surface area (Å²) in [7, 11) is 0. The van der Waals surface area contributed by atoms with E-state index in [9.17, 15) is 8.78 Å². The molecule has 1 aromatic carbocycles. The number of halogens is 2. The minimum Gasteiger partial charge on any atom is -0.383 e. The number of pyridine rings is 1. The van der Waals surface area contributed by atoms with E-state index in [1.54, 1.807) is 12.3 Å². The zero-order valence-electron chi connectivity index (χ0n) is 9.82. The Bertz CT molecular complexity index is 584. The first kappa shape index (κ1) is 12.4. The molecule has 2 aromatic rings. The first-order valence-electron chi connectivity index (χ1n) is 5.41. The number of hydrogen-bond acceptors (Lipinski definition) is 3. The topological polar surface area (TPSA) is 64.9 Å². The maximum atomic E-state index is 13.2. The average molecular weight is 249 g/mol. The predicted octanol–water partition coefficient (Wildman–Crippen LogP) is 2.30. The molecule has 18 heavy (non-hydrogen) atoms. The number of hydrogen-bond donors (Lipinski definition) is 2. The number of nitrogen functional groups attached to an aromatic ring is 1. The van der Waals surface area contributed by atoms with Crippen LogP contribution in [0.2, 0.25) is 0 Å². The molecule has 0 spiro atoms. The summed E-state index contributed by atoms with van der Waals surface area (Å²) >= 11 is 0. The SMILES string of the molecule is Cc1cnc(N)c(C(N)c2ccc(F)c(F)c2)c1. The van der Waals surface area contributed by atoms with E-state index < -0.39 is 17.7 Å². The van der Waals surface area contributed by atoms with Crippen LogP contribution in [0.15, 0.2) is 30.5 Å². The number of anilines is 1. The van der Waals surface area contributed by atoms with Gasteiger partial charge in [0.25, 0.3) is 0 Å². The van der Waals surface area contributed by atoms with Crippen molar-refractivity contribution in [2.75, 3.05) is 5.73 Å². The van der Waals surface area contributed by atoms with Gasteiger partial charge < -0.3 is 11.5 Å². The summed E-state index contributed by atoms with van der Waals surface area (Å²) in [6, 6.07) is 4.71. The van der Waals surface area contributed by atoms with Crippen molar-refractivity contribution in [3.8, 4) is 0 Å². The Morgan fingerprint density at radius 1 is 1.17 bits per heavy atom. The van der Waals surface area contributed by atoms with Crippen molar-refractivity contribution in [1.82, 2.24) is 4.98 Å². The first-order valence-corrected chi connectivity index (χ1v) is 5.41. The monoisotopic (exact) mass is 249 g/mol. The Balaban J connectivity index is 2.44. The van der Waals surface area contributed by atoms with Crippen molar-refractivity contribution >= 4 is 5.82 Å². The Labute approximate surface area is 103 Å². The third kappa shape index (κ3) is 2.31. The van der Waals surface area contributed by atoms with E-state index in [1.807, 2.05) is 6.92 Å². The molecule has 0 aliphatic heterocycles. The molecule has 0 bridgehead atoms.